The van der Waals surface area contributed by atoms with Gasteiger partial charge in [-0.15, -0.1) is 0 Å². The van der Waals surface area contributed by atoms with Gasteiger partial charge in [-0.25, -0.2) is 9.37 Å². The van der Waals surface area contributed by atoms with Crippen molar-refractivity contribution in [2.24, 2.45) is 5.92 Å². The SMILES string of the molecule is COc1ccc([C@H]2CNC(=O)[C@@H](Cc3nc4cccc(F)c4o3)C2)cc1OC1CCCC1. The van der Waals surface area contributed by atoms with Gasteiger partial charge >= 0.3 is 0 Å². The molecular weight excluding hydrogens is 411 g/mol. The Bertz CT molecular complexity index is 1120. The Hall–Kier alpha value is -3.09. The second kappa shape index (κ2) is 8.81. The predicted octanol–water partition coefficient (Wildman–Crippen LogP) is 4.76. The van der Waals surface area contributed by atoms with E-state index < -0.39 is 5.82 Å². The van der Waals surface area contributed by atoms with Crippen molar-refractivity contribution in [3.63, 3.8) is 0 Å². The Labute approximate surface area is 186 Å². The van der Waals surface area contributed by atoms with E-state index in [-0.39, 0.29) is 29.4 Å². The molecule has 2 aromatic carbocycles. The lowest BCUT2D eigenvalue weighted by molar-refractivity contribution is -0.127. The van der Waals surface area contributed by atoms with Gasteiger partial charge in [0.05, 0.1) is 13.2 Å². The Balaban J connectivity index is 1.34. The van der Waals surface area contributed by atoms with E-state index in [1.54, 1.807) is 19.2 Å². The monoisotopic (exact) mass is 438 g/mol. The summed E-state index contributed by atoms with van der Waals surface area (Å²) in [7, 11) is 1.65. The smallest absolute Gasteiger partial charge is 0.223 e. The number of oxazole rings is 1. The minimum atomic E-state index is -0.444. The minimum Gasteiger partial charge on any atom is -0.493 e. The molecule has 5 rings (SSSR count). The molecule has 2 aliphatic rings. The summed E-state index contributed by atoms with van der Waals surface area (Å²) >= 11 is 0. The van der Waals surface area contributed by atoms with Crippen LogP contribution in [0.4, 0.5) is 4.39 Å². The number of hydrogen-bond acceptors (Lipinski definition) is 5. The molecule has 1 aliphatic heterocycles. The maximum Gasteiger partial charge on any atom is 0.223 e. The number of nitrogens with zero attached hydrogens (tertiary/aromatic N) is 1. The Kier molecular flexibility index (Phi) is 5.72. The number of amides is 1. The van der Waals surface area contributed by atoms with Crippen LogP contribution in [0.2, 0.25) is 0 Å². The molecular formula is C25H27FN2O4. The number of hydrogen-bond donors (Lipinski definition) is 1. The van der Waals surface area contributed by atoms with Gasteiger partial charge in [-0.2, -0.15) is 0 Å². The van der Waals surface area contributed by atoms with Crippen molar-refractivity contribution in [1.82, 2.24) is 10.3 Å². The number of halogens is 1. The van der Waals surface area contributed by atoms with Gasteiger partial charge in [0.2, 0.25) is 5.91 Å². The Morgan fingerprint density at radius 3 is 2.81 bits per heavy atom. The molecule has 6 nitrogen and oxygen atoms in total. The topological polar surface area (TPSA) is 73.6 Å². The number of carbonyl (C=O) groups excluding carboxylic acids is 1. The van der Waals surface area contributed by atoms with Crippen molar-refractivity contribution in [3.05, 3.63) is 53.7 Å². The van der Waals surface area contributed by atoms with E-state index in [1.807, 2.05) is 18.2 Å². The van der Waals surface area contributed by atoms with Gasteiger partial charge in [-0.1, -0.05) is 12.1 Å². The van der Waals surface area contributed by atoms with Gasteiger partial charge in [0.1, 0.15) is 5.52 Å². The summed E-state index contributed by atoms with van der Waals surface area (Å²) < 4.78 is 31.3. The lowest BCUT2D eigenvalue weighted by Gasteiger charge is -2.29. The lowest BCUT2D eigenvalue weighted by Crippen LogP contribution is -2.41. The van der Waals surface area contributed by atoms with Crippen molar-refractivity contribution < 1.29 is 23.1 Å². The van der Waals surface area contributed by atoms with Crippen molar-refractivity contribution in [3.8, 4) is 11.5 Å². The fourth-order valence-corrected chi connectivity index (χ4v) is 4.82. The third kappa shape index (κ3) is 4.16. The van der Waals surface area contributed by atoms with Crippen LogP contribution in [0.1, 0.15) is 49.5 Å². The number of aromatic nitrogens is 1. The van der Waals surface area contributed by atoms with Crippen molar-refractivity contribution in [2.45, 2.75) is 50.5 Å². The van der Waals surface area contributed by atoms with Gasteiger partial charge in [-0.05, 0) is 61.9 Å². The van der Waals surface area contributed by atoms with Crippen LogP contribution in [-0.2, 0) is 11.2 Å². The highest BCUT2D eigenvalue weighted by Crippen LogP contribution is 2.37. The van der Waals surface area contributed by atoms with Crippen molar-refractivity contribution in [2.75, 3.05) is 13.7 Å². The Morgan fingerprint density at radius 1 is 1.19 bits per heavy atom. The first-order valence-electron chi connectivity index (χ1n) is 11.3. The maximum absolute atomic E-state index is 13.9. The summed E-state index contributed by atoms with van der Waals surface area (Å²) in [6.07, 6.45) is 5.75. The number of nitrogens with one attached hydrogen (secondary N) is 1. The quantitative estimate of drug-likeness (QED) is 0.601. The summed E-state index contributed by atoms with van der Waals surface area (Å²) in [6.45, 7) is 0.562. The van der Waals surface area contributed by atoms with Crippen LogP contribution in [0.5, 0.6) is 11.5 Å². The molecule has 168 valence electrons. The van der Waals surface area contributed by atoms with Crippen molar-refractivity contribution >= 4 is 17.0 Å². The largest absolute Gasteiger partial charge is 0.493 e. The molecule has 1 aliphatic carbocycles. The molecule has 3 aromatic rings. The zero-order chi connectivity index (χ0) is 22.1. The predicted molar refractivity (Wildman–Crippen MR) is 117 cm³/mol. The summed E-state index contributed by atoms with van der Waals surface area (Å²) in [5.41, 5.74) is 1.71. The van der Waals surface area contributed by atoms with Crippen LogP contribution < -0.4 is 14.8 Å². The number of carbonyl (C=O) groups is 1. The van der Waals surface area contributed by atoms with Crippen LogP contribution in [-0.4, -0.2) is 30.6 Å². The molecule has 2 heterocycles. The molecule has 0 unspecified atom stereocenters. The maximum atomic E-state index is 13.9. The minimum absolute atomic E-state index is 0.0279. The number of rotatable bonds is 6. The van der Waals surface area contributed by atoms with E-state index in [2.05, 4.69) is 10.3 Å². The average Bonchev–Trinajstić information content (AvgIpc) is 3.45. The number of benzene rings is 2. The lowest BCUT2D eigenvalue weighted by atomic mass is 9.83. The van der Waals surface area contributed by atoms with Crippen LogP contribution in [0, 0.1) is 11.7 Å². The average molecular weight is 438 g/mol. The van der Waals surface area contributed by atoms with E-state index in [1.165, 1.54) is 18.9 Å². The second-order valence-corrected chi connectivity index (χ2v) is 8.71. The van der Waals surface area contributed by atoms with Crippen LogP contribution in [0.25, 0.3) is 11.1 Å². The number of methoxy groups -OCH3 is 1. The summed E-state index contributed by atoms with van der Waals surface area (Å²) in [6, 6.07) is 10.7. The highest BCUT2D eigenvalue weighted by molar-refractivity contribution is 5.80. The second-order valence-electron chi connectivity index (χ2n) is 8.71. The number of fused-ring (bicyclic) bond motifs is 1. The van der Waals surface area contributed by atoms with Crippen LogP contribution >= 0.6 is 0 Å². The first-order valence-corrected chi connectivity index (χ1v) is 11.3. The van der Waals surface area contributed by atoms with E-state index >= 15 is 0 Å². The fraction of sp³-hybridized carbons (Fsp3) is 0.440. The molecule has 1 saturated heterocycles. The van der Waals surface area contributed by atoms with Gasteiger partial charge in [-0.3, -0.25) is 4.79 Å². The third-order valence-corrected chi connectivity index (χ3v) is 6.55. The number of piperidine rings is 1. The number of para-hydroxylation sites is 1. The van der Waals surface area contributed by atoms with Crippen molar-refractivity contribution in [1.29, 1.82) is 0 Å². The van der Waals surface area contributed by atoms with Gasteiger partial charge < -0.3 is 19.2 Å². The molecule has 0 bridgehead atoms. The molecule has 2 fully saturated rings. The van der Waals surface area contributed by atoms with Gasteiger partial charge in [0.25, 0.3) is 0 Å². The molecule has 32 heavy (non-hydrogen) atoms. The molecule has 1 amide bonds. The first-order chi connectivity index (χ1) is 15.6. The molecule has 7 heteroatoms. The summed E-state index contributed by atoms with van der Waals surface area (Å²) in [5.74, 6) is 1.23. The zero-order valence-electron chi connectivity index (χ0n) is 18.1. The van der Waals surface area contributed by atoms with E-state index in [0.717, 1.165) is 29.9 Å². The first kappa shape index (κ1) is 20.8. The van der Waals surface area contributed by atoms with E-state index in [4.69, 9.17) is 13.9 Å². The number of ether oxygens (including phenoxy) is 2. The van der Waals surface area contributed by atoms with E-state index in [0.29, 0.717) is 30.8 Å². The fourth-order valence-electron chi connectivity index (χ4n) is 4.82. The molecule has 0 radical (unpaired) electrons. The highest BCUT2D eigenvalue weighted by atomic mass is 19.1. The molecule has 2 atom stereocenters. The standard InChI is InChI=1S/C25H27FN2O4/c1-30-21-10-9-15(12-22(21)31-18-5-2-3-6-18)17-11-16(25(29)27-14-17)13-23-28-20-8-4-7-19(26)24(20)32-23/h4,7-10,12,16-18H,2-3,5-6,11,13-14H2,1H3,(H,27,29)/t16-,17-/m1/s1. The normalized spacial score (nSPS) is 21.6. The van der Waals surface area contributed by atoms with Crippen LogP contribution in [0.3, 0.4) is 0 Å². The van der Waals surface area contributed by atoms with Gasteiger partial charge in [0, 0.05) is 24.8 Å². The van der Waals surface area contributed by atoms with Crippen LogP contribution in [0.15, 0.2) is 40.8 Å². The van der Waals surface area contributed by atoms with E-state index in [9.17, 15) is 9.18 Å². The Morgan fingerprint density at radius 2 is 2.03 bits per heavy atom. The van der Waals surface area contributed by atoms with Gasteiger partial charge in [0.15, 0.2) is 28.8 Å². The molecule has 1 N–H and O–H groups in total. The molecule has 1 saturated carbocycles. The molecule has 1 aromatic heterocycles. The third-order valence-electron chi connectivity index (χ3n) is 6.55. The highest BCUT2D eigenvalue weighted by Gasteiger charge is 2.31. The zero-order valence-corrected chi connectivity index (χ0v) is 18.1. The summed E-state index contributed by atoms with van der Waals surface area (Å²) in [5, 5.41) is 3.01. The molecule has 0 spiro atoms. The summed E-state index contributed by atoms with van der Waals surface area (Å²) in [4.78, 5) is 16.9.